The van der Waals surface area contributed by atoms with Gasteiger partial charge in [-0.15, -0.1) is 0 Å². The molecule has 0 aromatic rings. The van der Waals surface area contributed by atoms with Crippen molar-refractivity contribution in [1.29, 1.82) is 0 Å². The van der Waals surface area contributed by atoms with Crippen LogP contribution < -0.4 is 34.7 Å². The maximum atomic E-state index is 11.2. The number of carboxylic acid groups (broad SMARTS) is 1. The molecule has 0 aliphatic rings. The first kappa shape index (κ1) is 12.1. The monoisotopic (exact) mass is 144 g/mol. The summed E-state index contributed by atoms with van der Waals surface area (Å²) in [5, 5.41) is 17.8. The van der Waals surface area contributed by atoms with Crippen LogP contribution in [-0.4, -0.2) is 23.9 Å². The minimum atomic E-state index is -1.44. The van der Waals surface area contributed by atoms with Crippen molar-refractivity contribution in [2.24, 2.45) is 0 Å². The van der Waals surface area contributed by atoms with E-state index in [0.29, 0.717) is 0 Å². The summed E-state index contributed by atoms with van der Waals surface area (Å²) in [7, 11) is 0. The van der Waals surface area contributed by atoms with Crippen molar-refractivity contribution in [3.63, 3.8) is 0 Å². The molecule has 48 valence electrons. The molecule has 1 unspecified atom stereocenters. The molecule has 0 heterocycles. The van der Waals surface area contributed by atoms with E-state index in [0.717, 1.165) is 0 Å². The minimum Gasteiger partial charge on any atom is -0.550 e. The van der Waals surface area contributed by atoms with E-state index in [1.807, 2.05) is 0 Å². The van der Waals surface area contributed by atoms with Gasteiger partial charge in [-0.1, -0.05) is 0 Å². The van der Waals surface area contributed by atoms with Gasteiger partial charge in [-0.05, 0) is 0 Å². The van der Waals surface area contributed by atoms with Crippen LogP contribution in [0.2, 0.25) is 0 Å². The number of carbonyl (C=O) groups excluding carboxylic acids is 1. The van der Waals surface area contributed by atoms with Gasteiger partial charge in [0.2, 0.25) is 0 Å². The van der Waals surface area contributed by atoms with Crippen LogP contribution in [0.5, 0.6) is 0 Å². The molecule has 0 aromatic carbocycles. The standard InChI is InChI=1S/C4H7FO3.Na/c5-2-3(6)1-4(7)8;/h3,6H,1-2H2,(H,7,8);/q;+1/p-1. The summed E-state index contributed by atoms with van der Waals surface area (Å²) in [6.07, 6.45) is -2.03. The van der Waals surface area contributed by atoms with E-state index in [1.54, 1.807) is 0 Å². The first-order valence-electron chi connectivity index (χ1n) is 2.10. The van der Waals surface area contributed by atoms with Gasteiger partial charge in [0.05, 0.1) is 6.10 Å². The molecule has 0 radical (unpaired) electrons. The average molecular weight is 144 g/mol. The average Bonchev–Trinajstić information content (AvgIpc) is 1.65. The zero-order valence-electron chi connectivity index (χ0n) is 5.13. The van der Waals surface area contributed by atoms with Crippen LogP contribution in [0.25, 0.3) is 0 Å². The smallest absolute Gasteiger partial charge is 0.550 e. The van der Waals surface area contributed by atoms with E-state index >= 15 is 0 Å². The molecule has 0 aromatic heterocycles. The van der Waals surface area contributed by atoms with Crippen LogP contribution in [0.3, 0.4) is 0 Å². The normalized spacial score (nSPS) is 11.8. The Morgan fingerprint density at radius 3 is 2.33 bits per heavy atom. The molecule has 9 heavy (non-hydrogen) atoms. The van der Waals surface area contributed by atoms with Crippen molar-refractivity contribution in [2.45, 2.75) is 12.5 Å². The summed E-state index contributed by atoms with van der Waals surface area (Å²) in [6, 6.07) is 0. The number of rotatable bonds is 3. The zero-order chi connectivity index (χ0) is 6.57. The van der Waals surface area contributed by atoms with Crippen LogP contribution >= 0.6 is 0 Å². The Kier molecular flexibility index (Phi) is 8.69. The molecule has 3 nitrogen and oxygen atoms in total. The van der Waals surface area contributed by atoms with Gasteiger partial charge < -0.3 is 15.0 Å². The maximum Gasteiger partial charge on any atom is 1.00 e. The summed E-state index contributed by atoms with van der Waals surface area (Å²) in [5.74, 6) is -1.44. The van der Waals surface area contributed by atoms with Crippen molar-refractivity contribution in [2.75, 3.05) is 6.67 Å². The molecule has 0 amide bonds. The fraction of sp³-hybridized carbons (Fsp3) is 0.750. The number of carbonyl (C=O) groups is 1. The van der Waals surface area contributed by atoms with Gasteiger partial charge >= 0.3 is 29.6 Å². The maximum absolute atomic E-state index is 11.2. The fourth-order valence-electron chi connectivity index (χ4n) is 0.247. The third kappa shape index (κ3) is 8.36. The number of alkyl halides is 1. The van der Waals surface area contributed by atoms with Crippen molar-refractivity contribution < 1.29 is 49.0 Å². The number of halogens is 1. The number of carboxylic acids is 1. The van der Waals surface area contributed by atoms with Crippen LogP contribution in [0, 0.1) is 0 Å². The van der Waals surface area contributed by atoms with Crippen LogP contribution in [0.1, 0.15) is 6.42 Å². The van der Waals surface area contributed by atoms with Crippen molar-refractivity contribution >= 4 is 5.97 Å². The third-order valence-electron chi connectivity index (χ3n) is 0.580. The fourth-order valence-corrected chi connectivity index (χ4v) is 0.247. The van der Waals surface area contributed by atoms with Gasteiger partial charge in [-0.2, -0.15) is 0 Å². The second-order valence-corrected chi connectivity index (χ2v) is 1.38. The van der Waals surface area contributed by atoms with Crippen molar-refractivity contribution in [3.8, 4) is 0 Å². The molecule has 0 saturated heterocycles. The molecule has 0 bridgehead atoms. The predicted octanol–water partition coefficient (Wildman–Crippen LogP) is -4.54. The van der Waals surface area contributed by atoms with Crippen LogP contribution in [0.15, 0.2) is 0 Å². The van der Waals surface area contributed by atoms with E-state index in [4.69, 9.17) is 5.11 Å². The number of hydrogen-bond donors (Lipinski definition) is 1. The molecule has 0 fully saturated rings. The topological polar surface area (TPSA) is 60.4 Å². The van der Waals surface area contributed by atoms with E-state index in [9.17, 15) is 14.3 Å². The van der Waals surface area contributed by atoms with E-state index in [2.05, 4.69) is 0 Å². The first-order valence-corrected chi connectivity index (χ1v) is 2.10. The summed E-state index contributed by atoms with van der Waals surface area (Å²) in [6.45, 7) is -1.03. The molecule has 0 saturated carbocycles. The number of aliphatic hydroxyl groups is 1. The van der Waals surface area contributed by atoms with Gasteiger partial charge in [-0.3, -0.25) is 0 Å². The molecule has 1 atom stereocenters. The van der Waals surface area contributed by atoms with Gasteiger partial charge in [-0.25, -0.2) is 4.39 Å². The largest absolute Gasteiger partial charge is 1.00 e. The van der Waals surface area contributed by atoms with E-state index < -0.39 is 25.2 Å². The summed E-state index contributed by atoms with van der Waals surface area (Å²) in [4.78, 5) is 9.53. The summed E-state index contributed by atoms with van der Waals surface area (Å²) >= 11 is 0. The van der Waals surface area contributed by atoms with Crippen LogP contribution in [-0.2, 0) is 4.79 Å². The van der Waals surface area contributed by atoms with E-state index in [-0.39, 0.29) is 29.6 Å². The molecule has 5 heteroatoms. The van der Waals surface area contributed by atoms with Crippen molar-refractivity contribution in [3.05, 3.63) is 0 Å². The van der Waals surface area contributed by atoms with Gasteiger partial charge in [0, 0.05) is 12.4 Å². The van der Waals surface area contributed by atoms with Crippen molar-refractivity contribution in [1.82, 2.24) is 0 Å². The Hall–Kier alpha value is 0.360. The summed E-state index contributed by atoms with van der Waals surface area (Å²) < 4.78 is 11.2. The molecular weight excluding hydrogens is 138 g/mol. The summed E-state index contributed by atoms with van der Waals surface area (Å²) in [5.41, 5.74) is 0. The first-order chi connectivity index (χ1) is 3.66. The molecule has 1 N–H and O–H groups in total. The number of aliphatic carboxylic acids is 1. The van der Waals surface area contributed by atoms with Gasteiger partial charge in [0.25, 0.3) is 0 Å². The molecule has 0 aliphatic heterocycles. The van der Waals surface area contributed by atoms with Crippen LogP contribution in [0.4, 0.5) is 4.39 Å². The Balaban J connectivity index is 0. The Morgan fingerprint density at radius 2 is 2.22 bits per heavy atom. The SMILES string of the molecule is O=C([O-])CC(O)CF.[Na+]. The molecular formula is C4H6FNaO3. The predicted molar refractivity (Wildman–Crippen MR) is 21.6 cm³/mol. The molecule has 0 rings (SSSR count). The molecule has 0 aliphatic carbocycles. The number of hydrogen-bond acceptors (Lipinski definition) is 3. The minimum absolute atomic E-state index is 0. The second-order valence-electron chi connectivity index (χ2n) is 1.38. The Morgan fingerprint density at radius 1 is 1.78 bits per heavy atom. The quantitative estimate of drug-likeness (QED) is 0.406. The van der Waals surface area contributed by atoms with E-state index in [1.165, 1.54) is 0 Å². The Bertz CT molecular complexity index is 87.9. The second kappa shape index (κ2) is 6.48. The van der Waals surface area contributed by atoms with Gasteiger partial charge in [0.1, 0.15) is 6.67 Å². The Labute approximate surface area is 74.2 Å². The number of aliphatic hydroxyl groups excluding tert-OH is 1. The molecule has 0 spiro atoms. The van der Waals surface area contributed by atoms with Gasteiger partial charge in [0.15, 0.2) is 0 Å². The zero-order valence-corrected chi connectivity index (χ0v) is 7.13. The third-order valence-corrected chi connectivity index (χ3v) is 0.580.